The maximum Gasteiger partial charge on any atom is 0.388 e. The molecule has 2 rings (SSSR count). The number of hydrogen-bond donors (Lipinski definition) is 3. The maximum atomic E-state index is 12.5. The Morgan fingerprint density at radius 2 is 2.17 bits per heavy atom. The van der Waals surface area contributed by atoms with E-state index in [2.05, 4.69) is 21.7 Å². The number of nitrogens with zero attached hydrogens (tertiary/aromatic N) is 2. The van der Waals surface area contributed by atoms with E-state index >= 15 is 0 Å². The van der Waals surface area contributed by atoms with Gasteiger partial charge in [0.25, 0.3) is 5.91 Å². The number of amides is 3. The minimum absolute atomic E-state index is 0.0991. The number of carbonyl (C=O) groups is 2. The Bertz CT molecular complexity index is 704. The van der Waals surface area contributed by atoms with Crippen LogP contribution in [0.3, 0.4) is 0 Å². The SMILES string of the molecule is Cc1cc(C)c(C(=O)NCCN2CCNC2=O)c(C)c1C#[N+]O. The lowest BCUT2D eigenvalue weighted by Gasteiger charge is -2.16. The Kier molecular flexibility index (Phi) is 5.06. The molecule has 122 valence electrons. The van der Waals surface area contributed by atoms with Crippen molar-refractivity contribution in [1.29, 1.82) is 0 Å². The third-order valence-corrected chi connectivity index (χ3v) is 3.97. The Hall–Kier alpha value is -2.75. The normalized spacial score (nSPS) is 13.3. The second kappa shape index (κ2) is 7.01. The van der Waals surface area contributed by atoms with Gasteiger partial charge in [0.15, 0.2) is 0 Å². The van der Waals surface area contributed by atoms with E-state index in [0.29, 0.717) is 37.3 Å². The Morgan fingerprint density at radius 1 is 1.43 bits per heavy atom. The summed E-state index contributed by atoms with van der Waals surface area (Å²) in [6.07, 6.45) is 0. The predicted octanol–water partition coefficient (Wildman–Crippen LogP) is 1.44. The summed E-state index contributed by atoms with van der Waals surface area (Å²) in [6, 6.07) is 4.28. The minimum Gasteiger partial charge on any atom is -0.350 e. The van der Waals surface area contributed by atoms with Crippen molar-refractivity contribution in [3.63, 3.8) is 0 Å². The first-order valence-electron chi connectivity index (χ1n) is 7.47. The highest BCUT2D eigenvalue weighted by Gasteiger charge is 2.21. The van der Waals surface area contributed by atoms with Crippen LogP contribution >= 0.6 is 0 Å². The van der Waals surface area contributed by atoms with E-state index in [9.17, 15) is 9.59 Å². The molecule has 0 spiro atoms. The number of benzene rings is 1. The van der Waals surface area contributed by atoms with Crippen LogP contribution in [0.1, 0.15) is 32.6 Å². The first kappa shape index (κ1) is 16.6. The van der Waals surface area contributed by atoms with Crippen LogP contribution in [0.4, 0.5) is 4.79 Å². The third kappa shape index (κ3) is 3.54. The van der Waals surface area contributed by atoms with Gasteiger partial charge in [0.1, 0.15) is 5.56 Å². The zero-order valence-electron chi connectivity index (χ0n) is 13.6. The lowest BCUT2D eigenvalue weighted by Crippen LogP contribution is -2.37. The maximum absolute atomic E-state index is 12.5. The van der Waals surface area contributed by atoms with Gasteiger partial charge in [-0.1, -0.05) is 6.07 Å². The number of hydrogen-bond acceptors (Lipinski definition) is 3. The topological polar surface area (TPSA) is 86.0 Å². The molecule has 7 heteroatoms. The molecule has 0 bridgehead atoms. The van der Waals surface area contributed by atoms with Crippen LogP contribution in [-0.4, -0.2) is 48.2 Å². The van der Waals surface area contributed by atoms with Crippen LogP contribution in [0.5, 0.6) is 0 Å². The van der Waals surface area contributed by atoms with Crippen molar-refractivity contribution in [1.82, 2.24) is 15.5 Å². The number of aryl methyl sites for hydroxylation is 2. The highest BCUT2D eigenvalue weighted by atomic mass is 16.4. The minimum atomic E-state index is -0.208. The standard InChI is InChI=1S/C16H20N4O3/c1-10-8-11(2)14(12(3)13(10)9-19-23)15(21)17-4-6-20-7-5-18-16(20)22/h8H,4-7H2,1-3H3,(H2-,17,18,21,22,23)/p+1. The van der Waals surface area contributed by atoms with E-state index in [1.165, 1.54) is 0 Å². The van der Waals surface area contributed by atoms with E-state index in [4.69, 9.17) is 5.21 Å². The van der Waals surface area contributed by atoms with Crippen LogP contribution in [0.25, 0.3) is 5.01 Å². The zero-order chi connectivity index (χ0) is 17.0. The lowest BCUT2D eigenvalue weighted by molar-refractivity contribution is 0.0949. The molecule has 1 aromatic carbocycles. The molecule has 0 aromatic heterocycles. The smallest absolute Gasteiger partial charge is 0.350 e. The quantitative estimate of drug-likeness (QED) is 0.735. The van der Waals surface area contributed by atoms with Gasteiger partial charge in [0, 0.05) is 31.7 Å². The van der Waals surface area contributed by atoms with E-state index in [1.807, 2.05) is 19.9 Å². The van der Waals surface area contributed by atoms with E-state index in [0.717, 1.165) is 16.7 Å². The van der Waals surface area contributed by atoms with Crippen molar-refractivity contribution >= 4 is 11.9 Å². The molecule has 3 N–H and O–H groups in total. The molecule has 1 saturated heterocycles. The molecule has 7 nitrogen and oxygen atoms in total. The lowest BCUT2D eigenvalue weighted by atomic mass is 9.93. The van der Waals surface area contributed by atoms with Crippen molar-refractivity contribution < 1.29 is 14.8 Å². The van der Waals surface area contributed by atoms with Gasteiger partial charge in [-0.2, -0.15) is 5.21 Å². The van der Waals surface area contributed by atoms with Crippen LogP contribution in [0, 0.1) is 26.8 Å². The van der Waals surface area contributed by atoms with Gasteiger partial charge in [-0.25, -0.2) is 4.79 Å². The fraction of sp³-hybridized carbons (Fsp3) is 0.438. The van der Waals surface area contributed by atoms with Gasteiger partial charge in [-0.3, -0.25) is 4.79 Å². The Morgan fingerprint density at radius 3 is 2.78 bits per heavy atom. The first-order valence-corrected chi connectivity index (χ1v) is 7.47. The summed E-state index contributed by atoms with van der Waals surface area (Å²) in [5.74, 6) is -0.208. The van der Waals surface area contributed by atoms with E-state index in [1.54, 1.807) is 11.8 Å². The predicted molar refractivity (Wildman–Crippen MR) is 86.1 cm³/mol. The zero-order valence-corrected chi connectivity index (χ0v) is 13.6. The highest BCUT2D eigenvalue weighted by molar-refractivity contribution is 5.97. The molecule has 3 amide bonds. The molecular weight excluding hydrogens is 296 g/mol. The van der Waals surface area contributed by atoms with E-state index in [-0.39, 0.29) is 11.9 Å². The molecule has 0 atom stereocenters. The number of rotatable bonds is 4. The fourth-order valence-electron chi connectivity index (χ4n) is 2.87. The molecule has 1 fully saturated rings. The summed E-state index contributed by atoms with van der Waals surface area (Å²) < 4.78 is 0. The van der Waals surface area contributed by atoms with Crippen molar-refractivity contribution in [2.45, 2.75) is 20.8 Å². The second-order valence-electron chi connectivity index (χ2n) is 5.57. The molecular formula is C16H21N4O3+. The van der Waals surface area contributed by atoms with Gasteiger partial charge >= 0.3 is 12.1 Å². The van der Waals surface area contributed by atoms with Crippen LogP contribution < -0.4 is 10.6 Å². The Balaban J connectivity index is 2.10. The van der Waals surface area contributed by atoms with Crippen LogP contribution in [0.2, 0.25) is 0 Å². The molecule has 0 unspecified atom stereocenters. The van der Waals surface area contributed by atoms with Gasteiger partial charge in [-0.15, -0.1) is 0 Å². The summed E-state index contributed by atoms with van der Waals surface area (Å²) in [4.78, 5) is 25.6. The molecule has 23 heavy (non-hydrogen) atoms. The van der Waals surface area contributed by atoms with Gasteiger partial charge in [-0.05, 0) is 37.5 Å². The van der Waals surface area contributed by atoms with Crippen molar-refractivity contribution in [3.05, 3.63) is 38.9 Å². The molecule has 0 aliphatic carbocycles. The van der Waals surface area contributed by atoms with Crippen molar-refractivity contribution in [2.24, 2.45) is 0 Å². The van der Waals surface area contributed by atoms with Gasteiger partial charge < -0.3 is 15.5 Å². The summed E-state index contributed by atoms with van der Waals surface area (Å²) in [6.45, 7) is 7.69. The molecule has 0 saturated carbocycles. The van der Waals surface area contributed by atoms with Crippen molar-refractivity contribution in [3.8, 4) is 6.07 Å². The number of urea groups is 1. The monoisotopic (exact) mass is 317 g/mol. The van der Waals surface area contributed by atoms with Crippen LogP contribution in [-0.2, 0) is 0 Å². The van der Waals surface area contributed by atoms with Gasteiger partial charge in [0.05, 0.1) is 0 Å². The summed E-state index contributed by atoms with van der Waals surface area (Å²) >= 11 is 0. The average Bonchev–Trinajstić information content (AvgIpc) is 2.89. The Labute approximate surface area is 135 Å². The third-order valence-electron chi connectivity index (χ3n) is 3.97. The first-order chi connectivity index (χ1) is 11.0. The largest absolute Gasteiger partial charge is 0.388 e. The molecule has 0 radical (unpaired) electrons. The summed E-state index contributed by atoms with van der Waals surface area (Å²) in [5.41, 5.74) is 3.62. The van der Waals surface area contributed by atoms with Gasteiger partial charge in [0.2, 0.25) is 5.01 Å². The van der Waals surface area contributed by atoms with Crippen LogP contribution in [0.15, 0.2) is 6.07 Å². The fourth-order valence-corrected chi connectivity index (χ4v) is 2.87. The average molecular weight is 317 g/mol. The molecule has 1 heterocycles. The van der Waals surface area contributed by atoms with E-state index < -0.39 is 0 Å². The molecule has 1 aliphatic heterocycles. The van der Waals surface area contributed by atoms with Crippen molar-refractivity contribution in [2.75, 3.05) is 26.2 Å². The summed E-state index contributed by atoms with van der Waals surface area (Å²) in [7, 11) is 0. The second-order valence-corrected chi connectivity index (χ2v) is 5.57. The molecule has 1 aromatic rings. The molecule has 1 aliphatic rings. The number of carbonyl (C=O) groups excluding carboxylic acids is 2. The highest BCUT2D eigenvalue weighted by Crippen LogP contribution is 2.21. The number of nitrogens with one attached hydrogen (secondary N) is 2. The summed E-state index contributed by atoms with van der Waals surface area (Å²) in [5, 5.41) is 17.2.